The number of nitriles is 2. The quantitative estimate of drug-likeness (QED) is 0.0927. The predicted molar refractivity (Wildman–Crippen MR) is 203 cm³/mol. The molecule has 6 rings (SSSR count). The number of pyridine rings is 2. The lowest BCUT2D eigenvalue weighted by molar-refractivity contribution is 0.415. The normalized spacial score (nSPS) is 10.8. The largest absolute Gasteiger partial charge is 0.497 e. The van der Waals surface area contributed by atoms with Crippen LogP contribution in [0, 0.1) is 22.7 Å². The standard InChI is InChI=1S/C42H32N4O2S2/c1-47-33-19-15-29(16-20-33)35-25-39(31-11-5-3-6-12-31)45-41(37(35)27-43)49-23-9-10-24-50-42-38(28-44)36(30-17-21-34(48-2)22-18-30)26-40(46-42)32-13-7-4-8-14-32/h3-22,25-26H,23-24H2,1-2H3. The molecule has 0 unspecified atom stereocenters. The van der Waals surface area contributed by atoms with Gasteiger partial charge < -0.3 is 9.47 Å². The van der Waals surface area contributed by atoms with Crippen LogP contribution in [-0.2, 0) is 0 Å². The third-order valence-corrected chi connectivity index (χ3v) is 9.79. The summed E-state index contributed by atoms with van der Waals surface area (Å²) in [6.45, 7) is 0. The van der Waals surface area contributed by atoms with Crippen molar-refractivity contribution in [3.8, 4) is 68.4 Å². The molecular weight excluding hydrogens is 657 g/mol. The van der Waals surface area contributed by atoms with Crippen molar-refractivity contribution < 1.29 is 9.47 Å². The fourth-order valence-corrected chi connectivity index (χ4v) is 7.07. The van der Waals surface area contributed by atoms with Gasteiger partial charge in [-0.15, -0.1) is 23.5 Å². The van der Waals surface area contributed by atoms with Gasteiger partial charge in [0.05, 0.1) is 36.7 Å². The molecule has 0 saturated carbocycles. The predicted octanol–water partition coefficient (Wildman–Crippen LogP) is 10.3. The van der Waals surface area contributed by atoms with Crippen molar-refractivity contribution in [2.45, 2.75) is 10.1 Å². The summed E-state index contributed by atoms with van der Waals surface area (Å²) in [7, 11) is 3.27. The van der Waals surface area contributed by atoms with E-state index in [9.17, 15) is 10.5 Å². The molecular formula is C42H32N4O2S2. The highest BCUT2D eigenvalue weighted by atomic mass is 32.2. The van der Waals surface area contributed by atoms with Gasteiger partial charge >= 0.3 is 0 Å². The van der Waals surface area contributed by atoms with Crippen molar-refractivity contribution in [3.05, 3.63) is 145 Å². The Labute approximate surface area is 301 Å². The Balaban J connectivity index is 1.24. The Morgan fingerprint density at radius 3 is 1.26 bits per heavy atom. The zero-order valence-corrected chi connectivity index (χ0v) is 29.2. The van der Waals surface area contributed by atoms with Gasteiger partial charge in [-0.25, -0.2) is 9.97 Å². The van der Waals surface area contributed by atoms with E-state index in [1.807, 2.05) is 121 Å². The summed E-state index contributed by atoms with van der Waals surface area (Å²) in [6.07, 6.45) is 4.14. The third-order valence-electron chi connectivity index (χ3n) is 7.94. The van der Waals surface area contributed by atoms with Crippen molar-refractivity contribution in [2.24, 2.45) is 0 Å². The molecule has 0 atom stereocenters. The summed E-state index contributed by atoms with van der Waals surface area (Å²) in [4.78, 5) is 9.86. The first kappa shape index (κ1) is 34.1. The minimum Gasteiger partial charge on any atom is -0.497 e. The monoisotopic (exact) mass is 688 g/mol. The van der Waals surface area contributed by atoms with E-state index in [-0.39, 0.29) is 0 Å². The first-order valence-electron chi connectivity index (χ1n) is 15.8. The molecule has 6 aromatic rings. The molecule has 0 saturated heterocycles. The molecule has 0 aliphatic rings. The fraction of sp³-hybridized carbons (Fsp3) is 0.0952. The van der Waals surface area contributed by atoms with E-state index in [2.05, 4.69) is 24.3 Å². The van der Waals surface area contributed by atoms with Crippen LogP contribution in [0.25, 0.3) is 44.8 Å². The molecule has 0 radical (unpaired) electrons. The maximum atomic E-state index is 10.3. The zero-order valence-electron chi connectivity index (χ0n) is 27.5. The van der Waals surface area contributed by atoms with Crippen molar-refractivity contribution in [2.75, 3.05) is 25.7 Å². The highest BCUT2D eigenvalue weighted by Gasteiger charge is 2.17. The van der Waals surface area contributed by atoms with Crippen LogP contribution < -0.4 is 9.47 Å². The highest BCUT2D eigenvalue weighted by molar-refractivity contribution is 7.99. The van der Waals surface area contributed by atoms with E-state index in [0.717, 1.165) is 56.3 Å². The number of hydrogen-bond acceptors (Lipinski definition) is 8. The molecule has 8 heteroatoms. The van der Waals surface area contributed by atoms with Crippen molar-refractivity contribution in [1.29, 1.82) is 10.5 Å². The van der Waals surface area contributed by atoms with Crippen molar-refractivity contribution in [3.63, 3.8) is 0 Å². The lowest BCUT2D eigenvalue weighted by Gasteiger charge is -2.13. The van der Waals surface area contributed by atoms with Gasteiger partial charge in [0.1, 0.15) is 33.7 Å². The van der Waals surface area contributed by atoms with Crippen LogP contribution in [0.15, 0.2) is 144 Å². The molecule has 0 amide bonds. The second-order valence-corrected chi connectivity index (χ2v) is 13.0. The van der Waals surface area contributed by atoms with E-state index in [0.29, 0.717) is 32.7 Å². The van der Waals surface area contributed by atoms with Crippen LogP contribution in [0.3, 0.4) is 0 Å². The number of thioether (sulfide) groups is 2. The smallest absolute Gasteiger partial charge is 0.118 e. The summed E-state index contributed by atoms with van der Waals surface area (Å²) in [5.41, 5.74) is 8.13. The SMILES string of the molecule is COc1ccc(-c2cc(-c3ccccc3)nc(SCC=CCSc3nc(-c4ccccc4)cc(-c4ccc(OC)cc4)c3C#N)c2C#N)cc1. The molecule has 0 fully saturated rings. The third kappa shape index (κ3) is 7.90. The Hall–Kier alpha value is -5.80. The Morgan fingerprint density at radius 1 is 0.540 bits per heavy atom. The van der Waals surface area contributed by atoms with Crippen LogP contribution in [-0.4, -0.2) is 35.7 Å². The zero-order chi connectivity index (χ0) is 34.7. The minimum atomic E-state index is 0.536. The summed E-state index contributed by atoms with van der Waals surface area (Å²) in [5, 5.41) is 21.9. The van der Waals surface area contributed by atoms with Crippen LogP contribution in [0.4, 0.5) is 0 Å². The first-order valence-corrected chi connectivity index (χ1v) is 17.8. The molecule has 0 spiro atoms. The summed E-state index contributed by atoms with van der Waals surface area (Å²) in [6, 6.07) is 44.2. The maximum Gasteiger partial charge on any atom is 0.118 e. The van der Waals surface area contributed by atoms with Crippen LogP contribution in [0.2, 0.25) is 0 Å². The van der Waals surface area contributed by atoms with E-state index in [1.54, 1.807) is 14.2 Å². The van der Waals surface area contributed by atoms with Gasteiger partial charge in [-0.1, -0.05) is 97.1 Å². The molecule has 0 aliphatic heterocycles. The lowest BCUT2D eigenvalue weighted by Crippen LogP contribution is -1.97. The summed E-state index contributed by atoms with van der Waals surface area (Å²) < 4.78 is 10.7. The average Bonchev–Trinajstić information content (AvgIpc) is 3.19. The molecule has 6 nitrogen and oxygen atoms in total. The number of ether oxygens (including phenoxy) is 2. The van der Waals surface area contributed by atoms with Crippen molar-refractivity contribution >= 4 is 23.5 Å². The van der Waals surface area contributed by atoms with Crippen molar-refractivity contribution in [1.82, 2.24) is 9.97 Å². The van der Waals surface area contributed by atoms with Gasteiger partial charge in [0.15, 0.2) is 0 Å². The number of nitrogens with zero attached hydrogens (tertiary/aromatic N) is 4. The summed E-state index contributed by atoms with van der Waals surface area (Å²) in [5.74, 6) is 2.73. The second kappa shape index (κ2) is 16.5. The first-order chi connectivity index (χ1) is 24.6. The number of methoxy groups -OCH3 is 2. The maximum absolute atomic E-state index is 10.3. The Morgan fingerprint density at radius 2 is 0.920 bits per heavy atom. The minimum absolute atomic E-state index is 0.536. The topological polar surface area (TPSA) is 91.8 Å². The summed E-state index contributed by atoms with van der Waals surface area (Å²) >= 11 is 3.04. The molecule has 2 heterocycles. The molecule has 4 aromatic carbocycles. The van der Waals surface area contributed by atoms with E-state index >= 15 is 0 Å². The molecule has 0 bridgehead atoms. The molecule has 244 valence electrons. The van der Waals surface area contributed by atoms with E-state index < -0.39 is 0 Å². The van der Waals surface area contributed by atoms with E-state index in [1.165, 1.54) is 23.5 Å². The van der Waals surface area contributed by atoms with Crippen LogP contribution in [0.5, 0.6) is 11.5 Å². The second-order valence-electron chi connectivity index (χ2n) is 11.0. The van der Waals surface area contributed by atoms with Gasteiger partial charge in [-0.05, 0) is 47.5 Å². The van der Waals surface area contributed by atoms with Crippen LogP contribution in [0.1, 0.15) is 11.1 Å². The number of rotatable bonds is 12. The van der Waals surface area contributed by atoms with Gasteiger partial charge in [-0.3, -0.25) is 0 Å². The fourth-order valence-electron chi connectivity index (χ4n) is 5.37. The molecule has 2 aromatic heterocycles. The van der Waals surface area contributed by atoms with Gasteiger partial charge in [0, 0.05) is 33.8 Å². The van der Waals surface area contributed by atoms with Gasteiger partial charge in [-0.2, -0.15) is 10.5 Å². The Bertz CT molecular complexity index is 2030. The average molecular weight is 689 g/mol. The lowest BCUT2D eigenvalue weighted by atomic mass is 9.99. The van der Waals surface area contributed by atoms with Gasteiger partial charge in [0.2, 0.25) is 0 Å². The molecule has 0 aliphatic carbocycles. The molecule has 50 heavy (non-hydrogen) atoms. The number of benzene rings is 4. The molecule has 0 N–H and O–H groups in total. The number of hydrogen-bond donors (Lipinski definition) is 0. The van der Waals surface area contributed by atoms with Crippen LogP contribution >= 0.6 is 23.5 Å². The Kier molecular flexibility index (Phi) is 11.3. The van der Waals surface area contributed by atoms with E-state index in [4.69, 9.17) is 19.4 Å². The van der Waals surface area contributed by atoms with Gasteiger partial charge in [0.25, 0.3) is 0 Å². The number of aromatic nitrogens is 2. The highest BCUT2D eigenvalue weighted by Crippen LogP contribution is 2.37.